The molecular weight excluding hydrogens is 410 g/mol. The SMILES string of the molecule is COc1ccc(CNC(=O)[C@@H]2CCC[C@@H](NC(=O)C3CCOCC3)CN(C)C(=O)C2)cc1. The van der Waals surface area contributed by atoms with Crippen molar-refractivity contribution in [2.45, 2.75) is 51.1 Å². The van der Waals surface area contributed by atoms with E-state index in [0.29, 0.717) is 32.7 Å². The van der Waals surface area contributed by atoms with Gasteiger partial charge in [-0.25, -0.2) is 0 Å². The van der Waals surface area contributed by atoms with E-state index in [4.69, 9.17) is 9.47 Å². The summed E-state index contributed by atoms with van der Waals surface area (Å²) in [5.41, 5.74) is 0.974. The van der Waals surface area contributed by atoms with Gasteiger partial charge < -0.3 is 25.0 Å². The molecule has 8 nitrogen and oxygen atoms in total. The van der Waals surface area contributed by atoms with Crippen molar-refractivity contribution in [1.29, 1.82) is 0 Å². The number of nitrogens with one attached hydrogen (secondary N) is 2. The number of nitrogens with zero attached hydrogens (tertiary/aromatic N) is 1. The molecular formula is C24H35N3O5. The van der Waals surface area contributed by atoms with Gasteiger partial charge in [0.15, 0.2) is 0 Å². The molecule has 3 amide bonds. The molecule has 0 unspecified atom stereocenters. The zero-order valence-electron chi connectivity index (χ0n) is 19.1. The van der Waals surface area contributed by atoms with Crippen molar-refractivity contribution in [3.63, 3.8) is 0 Å². The molecule has 2 fully saturated rings. The zero-order valence-corrected chi connectivity index (χ0v) is 19.1. The second kappa shape index (κ2) is 11.9. The normalized spacial score (nSPS) is 22.9. The maximum Gasteiger partial charge on any atom is 0.223 e. The van der Waals surface area contributed by atoms with E-state index >= 15 is 0 Å². The molecule has 0 bridgehead atoms. The number of carbonyl (C=O) groups excluding carboxylic acids is 3. The Morgan fingerprint density at radius 3 is 2.47 bits per heavy atom. The second-order valence-corrected chi connectivity index (χ2v) is 8.76. The number of hydrogen-bond donors (Lipinski definition) is 2. The molecule has 2 atom stereocenters. The van der Waals surface area contributed by atoms with Crippen molar-refractivity contribution < 1.29 is 23.9 Å². The van der Waals surface area contributed by atoms with E-state index in [9.17, 15) is 14.4 Å². The molecule has 0 saturated carbocycles. The van der Waals surface area contributed by atoms with Crippen molar-refractivity contribution >= 4 is 17.7 Å². The lowest BCUT2D eigenvalue weighted by molar-refractivity contribution is -0.136. The molecule has 3 rings (SSSR count). The zero-order chi connectivity index (χ0) is 22.9. The fourth-order valence-corrected chi connectivity index (χ4v) is 4.30. The number of amides is 3. The van der Waals surface area contributed by atoms with E-state index in [0.717, 1.165) is 37.0 Å². The molecule has 2 aliphatic heterocycles. The lowest BCUT2D eigenvalue weighted by Crippen LogP contribution is -2.46. The van der Waals surface area contributed by atoms with Crippen LogP contribution in [0.1, 0.15) is 44.1 Å². The smallest absolute Gasteiger partial charge is 0.223 e. The molecule has 176 valence electrons. The Bertz CT molecular complexity index is 776. The molecule has 0 aliphatic carbocycles. The van der Waals surface area contributed by atoms with Gasteiger partial charge in [0.2, 0.25) is 17.7 Å². The molecule has 0 radical (unpaired) electrons. The van der Waals surface area contributed by atoms with Gasteiger partial charge in [0.1, 0.15) is 5.75 Å². The van der Waals surface area contributed by atoms with Gasteiger partial charge in [-0.15, -0.1) is 0 Å². The lowest BCUT2D eigenvalue weighted by Gasteiger charge is -2.27. The maximum absolute atomic E-state index is 12.8. The van der Waals surface area contributed by atoms with E-state index in [1.54, 1.807) is 19.1 Å². The fraction of sp³-hybridized carbons (Fsp3) is 0.625. The van der Waals surface area contributed by atoms with Crippen molar-refractivity contribution in [3.8, 4) is 5.75 Å². The van der Waals surface area contributed by atoms with E-state index in [1.165, 1.54) is 0 Å². The fourth-order valence-electron chi connectivity index (χ4n) is 4.30. The largest absolute Gasteiger partial charge is 0.497 e. The first-order valence-corrected chi connectivity index (χ1v) is 11.5. The Morgan fingerprint density at radius 2 is 1.78 bits per heavy atom. The molecule has 0 aromatic heterocycles. The number of rotatable bonds is 6. The van der Waals surface area contributed by atoms with Crippen LogP contribution >= 0.6 is 0 Å². The first-order valence-electron chi connectivity index (χ1n) is 11.5. The van der Waals surface area contributed by atoms with Gasteiger partial charge in [0.05, 0.1) is 7.11 Å². The summed E-state index contributed by atoms with van der Waals surface area (Å²) in [7, 11) is 3.36. The molecule has 2 heterocycles. The lowest BCUT2D eigenvalue weighted by atomic mass is 9.95. The van der Waals surface area contributed by atoms with Crippen molar-refractivity contribution in [2.75, 3.05) is 33.9 Å². The summed E-state index contributed by atoms with van der Waals surface area (Å²) in [5, 5.41) is 6.10. The van der Waals surface area contributed by atoms with E-state index in [2.05, 4.69) is 10.6 Å². The number of methoxy groups -OCH3 is 1. The summed E-state index contributed by atoms with van der Waals surface area (Å²) in [6.45, 7) is 2.12. The van der Waals surface area contributed by atoms with Crippen LogP contribution in [0.2, 0.25) is 0 Å². The third-order valence-electron chi connectivity index (χ3n) is 6.38. The van der Waals surface area contributed by atoms with Crippen LogP contribution in [0.5, 0.6) is 5.75 Å². The maximum atomic E-state index is 12.8. The Morgan fingerprint density at radius 1 is 1.06 bits per heavy atom. The van der Waals surface area contributed by atoms with Crippen molar-refractivity contribution in [1.82, 2.24) is 15.5 Å². The van der Waals surface area contributed by atoms with E-state index in [-0.39, 0.29) is 42.0 Å². The third kappa shape index (κ3) is 6.95. The minimum atomic E-state index is -0.367. The Hall–Kier alpha value is -2.61. The summed E-state index contributed by atoms with van der Waals surface area (Å²) in [4.78, 5) is 39.8. The second-order valence-electron chi connectivity index (χ2n) is 8.76. The van der Waals surface area contributed by atoms with E-state index in [1.807, 2.05) is 24.3 Å². The first kappa shape index (κ1) is 24.0. The summed E-state index contributed by atoms with van der Waals surface area (Å²) in [5.74, 6) is 0.256. The number of ether oxygens (including phenoxy) is 2. The highest BCUT2D eigenvalue weighted by Gasteiger charge is 2.29. The van der Waals surface area contributed by atoms with Crippen LogP contribution in [0.3, 0.4) is 0 Å². The average molecular weight is 446 g/mol. The minimum Gasteiger partial charge on any atom is -0.497 e. The van der Waals surface area contributed by atoms with Gasteiger partial charge in [-0.2, -0.15) is 0 Å². The highest BCUT2D eigenvalue weighted by molar-refractivity contribution is 5.86. The number of hydrogen-bond acceptors (Lipinski definition) is 5. The molecule has 2 saturated heterocycles. The average Bonchev–Trinajstić information content (AvgIpc) is 2.88. The van der Waals surface area contributed by atoms with Crippen LogP contribution in [-0.4, -0.2) is 62.6 Å². The van der Waals surface area contributed by atoms with Gasteiger partial charge in [0.25, 0.3) is 0 Å². The third-order valence-corrected chi connectivity index (χ3v) is 6.38. The van der Waals surface area contributed by atoms with Gasteiger partial charge in [0, 0.05) is 57.6 Å². The number of carbonyl (C=O) groups is 3. The van der Waals surface area contributed by atoms with Crippen molar-refractivity contribution in [3.05, 3.63) is 29.8 Å². The standard InChI is InChI=1S/C24H35N3O5/c1-27-16-20(26-24(30)18-10-12-32-13-11-18)5-3-4-19(14-22(27)28)23(29)25-15-17-6-8-21(31-2)9-7-17/h6-9,18-20H,3-5,10-16H2,1-2H3,(H,25,29)(H,26,30)/t19-,20-/m1/s1. The topological polar surface area (TPSA) is 97.0 Å². The van der Waals surface area contributed by atoms with Gasteiger partial charge in [-0.1, -0.05) is 18.6 Å². The monoisotopic (exact) mass is 445 g/mol. The molecule has 1 aromatic rings. The van der Waals surface area contributed by atoms with Crippen molar-refractivity contribution in [2.24, 2.45) is 11.8 Å². The Labute approximate surface area is 190 Å². The van der Waals surface area contributed by atoms with Crippen LogP contribution in [0.25, 0.3) is 0 Å². The number of likely N-dealkylation sites (N-methyl/N-ethyl adjacent to an activating group) is 1. The summed E-state index contributed by atoms with van der Waals surface area (Å²) in [6.07, 6.45) is 3.81. The van der Waals surface area contributed by atoms with Gasteiger partial charge in [-0.3, -0.25) is 14.4 Å². The molecule has 32 heavy (non-hydrogen) atoms. The summed E-state index contributed by atoms with van der Waals surface area (Å²) < 4.78 is 10.5. The molecule has 2 aliphatic rings. The van der Waals surface area contributed by atoms with Crippen LogP contribution in [0, 0.1) is 11.8 Å². The summed E-state index contributed by atoms with van der Waals surface area (Å²) in [6, 6.07) is 7.43. The highest BCUT2D eigenvalue weighted by atomic mass is 16.5. The highest BCUT2D eigenvalue weighted by Crippen LogP contribution is 2.21. The molecule has 0 spiro atoms. The summed E-state index contributed by atoms with van der Waals surface area (Å²) >= 11 is 0. The van der Waals surface area contributed by atoms with Crippen LogP contribution in [0.4, 0.5) is 0 Å². The molecule has 2 N–H and O–H groups in total. The van der Waals surface area contributed by atoms with Crippen LogP contribution in [-0.2, 0) is 25.7 Å². The predicted molar refractivity (Wildman–Crippen MR) is 120 cm³/mol. The van der Waals surface area contributed by atoms with Crippen LogP contribution < -0.4 is 15.4 Å². The number of benzene rings is 1. The molecule has 8 heteroatoms. The minimum absolute atomic E-state index is 0.0196. The Kier molecular flexibility index (Phi) is 8.90. The van der Waals surface area contributed by atoms with E-state index < -0.39 is 0 Å². The van der Waals surface area contributed by atoms with Gasteiger partial charge in [-0.05, 0) is 43.4 Å². The first-order chi connectivity index (χ1) is 15.5. The Balaban J connectivity index is 1.53. The van der Waals surface area contributed by atoms with Gasteiger partial charge >= 0.3 is 0 Å². The predicted octanol–water partition coefficient (Wildman–Crippen LogP) is 1.87. The quantitative estimate of drug-likeness (QED) is 0.697. The molecule has 1 aromatic carbocycles. The van der Waals surface area contributed by atoms with Crippen LogP contribution in [0.15, 0.2) is 24.3 Å².